The lowest BCUT2D eigenvalue weighted by Crippen LogP contribution is -2.39. The fourth-order valence-electron chi connectivity index (χ4n) is 5.17. The average molecular weight is 662 g/mol. The van der Waals surface area contributed by atoms with Crippen molar-refractivity contribution >= 4 is 29.1 Å². The largest absolute Gasteiger partial charge is 0.493 e. The molecule has 47 heavy (non-hydrogen) atoms. The van der Waals surface area contributed by atoms with Gasteiger partial charge in [-0.05, 0) is 79.9 Å². The number of methoxy groups -OCH3 is 2. The van der Waals surface area contributed by atoms with Gasteiger partial charge in [-0.2, -0.15) is 0 Å². The van der Waals surface area contributed by atoms with Crippen LogP contribution in [0.2, 0.25) is 0 Å². The molecule has 2 heterocycles. The predicted molar refractivity (Wildman–Crippen MR) is 174 cm³/mol. The minimum Gasteiger partial charge on any atom is -0.493 e. The maximum Gasteiger partial charge on any atom is 0.338 e. The zero-order chi connectivity index (χ0) is 33.7. The first kappa shape index (κ1) is 33.3. The van der Waals surface area contributed by atoms with Crippen molar-refractivity contribution in [1.82, 2.24) is 4.57 Å². The van der Waals surface area contributed by atoms with Crippen LogP contribution >= 0.6 is 11.3 Å². The summed E-state index contributed by atoms with van der Waals surface area (Å²) in [5, 5.41) is 18.4. The third kappa shape index (κ3) is 7.02. The first-order chi connectivity index (χ1) is 22.7. The third-order valence-corrected chi connectivity index (χ3v) is 8.35. The van der Waals surface area contributed by atoms with Crippen molar-refractivity contribution in [3.8, 4) is 23.0 Å². The van der Waals surface area contributed by atoms with Gasteiger partial charge in [0.1, 0.15) is 6.61 Å². The van der Waals surface area contributed by atoms with Gasteiger partial charge in [0.05, 0.1) is 55.0 Å². The number of rotatable bonds is 12. The minimum atomic E-state index is -0.811. The molecular formula is C34H35N3O9S. The number of fused-ring (bicyclic) bond motifs is 1. The molecule has 13 heteroatoms. The van der Waals surface area contributed by atoms with Crippen LogP contribution in [0.5, 0.6) is 23.0 Å². The summed E-state index contributed by atoms with van der Waals surface area (Å²) in [6.07, 6.45) is 1.75. The Morgan fingerprint density at radius 3 is 2.32 bits per heavy atom. The van der Waals surface area contributed by atoms with Crippen molar-refractivity contribution in [1.29, 1.82) is 0 Å². The number of aromatic nitrogens is 1. The molecule has 0 aliphatic carbocycles. The van der Waals surface area contributed by atoms with Gasteiger partial charge >= 0.3 is 5.97 Å². The number of carbonyl (C=O) groups is 1. The Balaban J connectivity index is 1.54. The van der Waals surface area contributed by atoms with Gasteiger partial charge in [-0.3, -0.25) is 19.8 Å². The number of carbonyl (C=O) groups excluding carboxylic acids is 1. The highest BCUT2D eigenvalue weighted by molar-refractivity contribution is 7.07. The van der Waals surface area contributed by atoms with Crippen molar-refractivity contribution in [3.63, 3.8) is 0 Å². The van der Waals surface area contributed by atoms with Gasteiger partial charge in [0, 0.05) is 0 Å². The first-order valence-electron chi connectivity index (χ1n) is 14.8. The molecular weight excluding hydrogens is 626 g/mol. The Morgan fingerprint density at radius 2 is 1.66 bits per heavy atom. The van der Waals surface area contributed by atoms with Crippen LogP contribution in [-0.4, -0.2) is 48.4 Å². The Hall–Kier alpha value is -5.11. The monoisotopic (exact) mass is 661 g/mol. The van der Waals surface area contributed by atoms with Crippen LogP contribution in [0.15, 0.2) is 81.7 Å². The number of allylic oxidation sites excluding steroid dienone is 1. The van der Waals surface area contributed by atoms with Gasteiger partial charge < -0.3 is 23.7 Å². The van der Waals surface area contributed by atoms with Crippen LogP contribution in [-0.2, 0) is 16.1 Å². The van der Waals surface area contributed by atoms with Crippen LogP contribution in [0.3, 0.4) is 0 Å². The first-order valence-corrected chi connectivity index (χ1v) is 15.6. The zero-order valence-electron chi connectivity index (χ0n) is 26.6. The molecule has 2 N–H and O–H groups in total. The second kappa shape index (κ2) is 14.5. The molecule has 0 amide bonds. The van der Waals surface area contributed by atoms with Crippen LogP contribution < -0.4 is 39.1 Å². The van der Waals surface area contributed by atoms with Crippen molar-refractivity contribution in [2.75, 3.05) is 32.7 Å². The molecule has 0 bridgehead atoms. The molecule has 1 aromatic heterocycles. The molecule has 0 radical (unpaired) electrons. The molecule has 1 atom stereocenters. The molecule has 0 spiro atoms. The average Bonchev–Trinajstić information content (AvgIpc) is 3.37. The Bertz CT molecular complexity index is 1980. The molecule has 12 nitrogen and oxygen atoms in total. The number of esters is 1. The molecule has 0 saturated heterocycles. The van der Waals surface area contributed by atoms with Crippen LogP contribution in [0, 0.1) is 0 Å². The quantitative estimate of drug-likeness (QED) is 0.166. The van der Waals surface area contributed by atoms with E-state index in [0.717, 1.165) is 5.56 Å². The lowest BCUT2D eigenvalue weighted by atomic mass is 9.95. The van der Waals surface area contributed by atoms with Crippen LogP contribution in [0.4, 0.5) is 5.69 Å². The standard InChI is InChI=1S/C34H35N3O9S/c1-6-44-28-16-22(10-14-26(28)46-19-21-8-12-24(13-9-21)37(40)41)17-29-32(38)36-31(23-11-15-25(42-4)27(18-23)43-5)30(33(39)45-7-2)20(3)35-34(36)47-29/h8-18,31,40-41H,6-7,19H2,1-5H3. The summed E-state index contributed by atoms with van der Waals surface area (Å²) >= 11 is 1.21. The number of benzene rings is 3. The smallest absolute Gasteiger partial charge is 0.338 e. The molecule has 1 aliphatic heterocycles. The summed E-state index contributed by atoms with van der Waals surface area (Å²) in [4.78, 5) is 32.4. The van der Waals surface area contributed by atoms with Crippen molar-refractivity contribution in [3.05, 3.63) is 108 Å². The van der Waals surface area contributed by atoms with Crippen LogP contribution in [0.1, 0.15) is 43.5 Å². The molecule has 1 aliphatic rings. The van der Waals surface area contributed by atoms with Gasteiger partial charge in [0.15, 0.2) is 27.8 Å². The number of anilines is 1. The highest BCUT2D eigenvalue weighted by Crippen LogP contribution is 2.36. The van der Waals surface area contributed by atoms with Crippen LogP contribution in [0.25, 0.3) is 6.08 Å². The number of nitrogens with zero attached hydrogens (tertiary/aromatic N) is 3. The SMILES string of the molecule is CCOC(=O)C1=C(C)N=c2sc(=Cc3ccc(OCc4ccc(N(O)O)cc4)c(OCC)c3)c(=O)n2C1c1ccc(OC)c(OC)c1. The zero-order valence-corrected chi connectivity index (χ0v) is 27.4. The summed E-state index contributed by atoms with van der Waals surface area (Å²) in [6.45, 7) is 6.08. The molecule has 5 rings (SSSR count). The molecule has 0 saturated carbocycles. The van der Waals surface area contributed by atoms with E-state index >= 15 is 0 Å². The lowest BCUT2D eigenvalue weighted by Gasteiger charge is -2.25. The number of hydrogen-bond donors (Lipinski definition) is 2. The maximum absolute atomic E-state index is 14.1. The number of ether oxygens (including phenoxy) is 5. The normalized spacial score (nSPS) is 14.3. The summed E-state index contributed by atoms with van der Waals surface area (Å²) < 4.78 is 30.1. The predicted octanol–water partition coefficient (Wildman–Crippen LogP) is 4.38. The Morgan fingerprint density at radius 1 is 0.936 bits per heavy atom. The van der Waals surface area contributed by atoms with E-state index in [1.165, 1.54) is 30.1 Å². The van der Waals surface area contributed by atoms with E-state index in [-0.39, 0.29) is 35.3 Å². The van der Waals surface area contributed by atoms with Gasteiger partial charge in [-0.15, -0.1) is 5.23 Å². The second-order valence-corrected chi connectivity index (χ2v) is 11.3. The number of hydrogen-bond acceptors (Lipinski definition) is 12. The van der Waals surface area contributed by atoms with Crippen molar-refractivity contribution in [2.24, 2.45) is 4.99 Å². The van der Waals surface area contributed by atoms with Gasteiger partial charge in [0.25, 0.3) is 5.56 Å². The fourth-order valence-corrected chi connectivity index (χ4v) is 6.22. The van der Waals surface area contributed by atoms with E-state index in [2.05, 4.69) is 4.99 Å². The molecule has 1 unspecified atom stereocenters. The maximum atomic E-state index is 14.1. The van der Waals surface area contributed by atoms with Crippen molar-refractivity contribution < 1.29 is 38.9 Å². The summed E-state index contributed by atoms with van der Waals surface area (Å²) in [7, 11) is 3.06. The minimum absolute atomic E-state index is 0.0460. The highest BCUT2D eigenvalue weighted by Gasteiger charge is 2.34. The second-order valence-electron chi connectivity index (χ2n) is 10.3. The van der Waals surface area contributed by atoms with Gasteiger partial charge in [-0.25, -0.2) is 9.79 Å². The lowest BCUT2D eigenvalue weighted by molar-refractivity contribution is -0.139. The van der Waals surface area contributed by atoms with E-state index in [9.17, 15) is 9.59 Å². The summed E-state index contributed by atoms with van der Waals surface area (Å²) in [5.74, 6) is 1.40. The topological polar surface area (TPSA) is 141 Å². The molecule has 0 fully saturated rings. The van der Waals surface area contributed by atoms with Gasteiger partial charge in [-0.1, -0.05) is 35.6 Å². The Kier molecular flexibility index (Phi) is 10.3. The molecule has 246 valence electrons. The van der Waals surface area contributed by atoms with E-state index < -0.39 is 12.0 Å². The fraction of sp³-hybridized carbons (Fsp3) is 0.265. The van der Waals surface area contributed by atoms with E-state index in [1.54, 1.807) is 74.5 Å². The van der Waals surface area contributed by atoms with E-state index in [0.29, 0.717) is 55.8 Å². The van der Waals surface area contributed by atoms with E-state index in [4.69, 9.17) is 34.1 Å². The van der Waals surface area contributed by atoms with E-state index in [1.807, 2.05) is 13.0 Å². The van der Waals surface area contributed by atoms with Gasteiger partial charge in [0.2, 0.25) is 0 Å². The number of thiazole rings is 1. The third-order valence-electron chi connectivity index (χ3n) is 7.37. The summed E-state index contributed by atoms with van der Waals surface area (Å²) in [6, 6.07) is 16.4. The molecule has 3 aromatic carbocycles. The Labute approximate surface area is 274 Å². The summed E-state index contributed by atoms with van der Waals surface area (Å²) in [5.41, 5.74) is 2.76. The molecule has 4 aromatic rings. The highest BCUT2D eigenvalue weighted by atomic mass is 32.1. The van der Waals surface area contributed by atoms with Crippen molar-refractivity contribution in [2.45, 2.75) is 33.4 Å².